The van der Waals surface area contributed by atoms with Crippen molar-refractivity contribution in [2.45, 2.75) is 38.6 Å². The van der Waals surface area contributed by atoms with Gasteiger partial charge in [0.05, 0.1) is 6.10 Å². The van der Waals surface area contributed by atoms with Crippen LogP contribution in [-0.2, 0) is 0 Å². The van der Waals surface area contributed by atoms with Crippen LogP contribution >= 0.6 is 0 Å². The molecule has 0 aromatic heterocycles. The van der Waals surface area contributed by atoms with E-state index in [9.17, 15) is 0 Å². The molecule has 0 saturated carbocycles. The normalized spacial score (nSPS) is 13.0. The minimum atomic E-state index is -1.21. The van der Waals surface area contributed by atoms with E-state index in [4.69, 9.17) is 5.11 Å². The van der Waals surface area contributed by atoms with E-state index < -0.39 is 8.07 Å². The van der Waals surface area contributed by atoms with Gasteiger partial charge >= 0.3 is 0 Å². The fourth-order valence-corrected chi connectivity index (χ4v) is 1.32. The standard InChI is InChI=1S/C10H18OSi/c1-5-10(11)8-6-7-9-12(2,3)4/h5,10-11H,1,6,8H2,2-4H3. The lowest BCUT2D eigenvalue weighted by Gasteiger charge is -2.04. The lowest BCUT2D eigenvalue weighted by atomic mass is 10.2. The summed E-state index contributed by atoms with van der Waals surface area (Å²) in [6.07, 6.45) is 2.65. The van der Waals surface area contributed by atoms with Crippen molar-refractivity contribution in [1.82, 2.24) is 0 Å². The molecule has 0 aliphatic heterocycles. The van der Waals surface area contributed by atoms with Crippen molar-refractivity contribution < 1.29 is 5.11 Å². The first kappa shape index (κ1) is 11.5. The Hall–Kier alpha value is -0.523. The molecule has 0 fully saturated rings. The monoisotopic (exact) mass is 182 g/mol. The van der Waals surface area contributed by atoms with E-state index >= 15 is 0 Å². The van der Waals surface area contributed by atoms with Crippen molar-refractivity contribution in [3.63, 3.8) is 0 Å². The first-order valence-electron chi connectivity index (χ1n) is 4.26. The number of aliphatic hydroxyl groups is 1. The molecule has 1 N–H and O–H groups in total. The largest absolute Gasteiger partial charge is 0.389 e. The van der Waals surface area contributed by atoms with Crippen LogP contribution in [0.5, 0.6) is 0 Å². The first-order valence-corrected chi connectivity index (χ1v) is 7.76. The zero-order valence-corrected chi connectivity index (χ0v) is 9.22. The fourth-order valence-electron chi connectivity index (χ4n) is 0.666. The summed E-state index contributed by atoms with van der Waals surface area (Å²) in [4.78, 5) is 0. The van der Waals surface area contributed by atoms with E-state index in [1.54, 1.807) is 6.08 Å². The third kappa shape index (κ3) is 7.58. The van der Waals surface area contributed by atoms with Crippen LogP contribution in [0.15, 0.2) is 12.7 Å². The van der Waals surface area contributed by atoms with E-state index in [-0.39, 0.29) is 6.10 Å². The Bertz CT molecular complexity index is 192. The smallest absolute Gasteiger partial charge is 0.129 e. The maximum Gasteiger partial charge on any atom is 0.129 e. The topological polar surface area (TPSA) is 20.2 Å². The lowest BCUT2D eigenvalue weighted by Crippen LogP contribution is -2.16. The molecule has 68 valence electrons. The molecule has 12 heavy (non-hydrogen) atoms. The average Bonchev–Trinajstić information content (AvgIpc) is 1.96. The Morgan fingerprint density at radius 3 is 2.50 bits per heavy atom. The van der Waals surface area contributed by atoms with Gasteiger partial charge in [-0.2, -0.15) is 0 Å². The molecule has 0 aromatic carbocycles. The summed E-state index contributed by atoms with van der Waals surface area (Å²) in [7, 11) is -1.21. The fraction of sp³-hybridized carbons (Fsp3) is 0.600. The maximum atomic E-state index is 9.11. The summed E-state index contributed by atoms with van der Waals surface area (Å²) in [5.74, 6) is 3.09. The summed E-state index contributed by atoms with van der Waals surface area (Å²) in [5.41, 5.74) is 3.24. The predicted octanol–water partition coefficient (Wildman–Crippen LogP) is 2.19. The van der Waals surface area contributed by atoms with Crippen LogP contribution in [0.4, 0.5) is 0 Å². The molecule has 0 radical (unpaired) electrons. The molecule has 0 spiro atoms. The van der Waals surface area contributed by atoms with Gasteiger partial charge in [-0.05, 0) is 6.42 Å². The van der Waals surface area contributed by atoms with Crippen molar-refractivity contribution >= 4 is 8.07 Å². The Labute approximate surface area is 76.5 Å². The van der Waals surface area contributed by atoms with Gasteiger partial charge in [0.2, 0.25) is 0 Å². The number of aliphatic hydroxyl groups excluding tert-OH is 1. The van der Waals surface area contributed by atoms with E-state index in [0.717, 1.165) is 6.42 Å². The van der Waals surface area contributed by atoms with Crippen LogP contribution in [0.3, 0.4) is 0 Å². The molecule has 1 unspecified atom stereocenters. The zero-order chi connectivity index (χ0) is 9.61. The molecule has 0 saturated heterocycles. The summed E-state index contributed by atoms with van der Waals surface area (Å²) in [6.45, 7) is 10.1. The molecule has 0 amide bonds. The van der Waals surface area contributed by atoms with Gasteiger partial charge < -0.3 is 5.11 Å². The van der Waals surface area contributed by atoms with E-state index in [1.807, 2.05) is 0 Å². The molecule has 1 nitrogen and oxygen atoms in total. The molecule has 0 heterocycles. The van der Waals surface area contributed by atoms with Crippen molar-refractivity contribution in [2.75, 3.05) is 0 Å². The predicted molar refractivity (Wildman–Crippen MR) is 56.6 cm³/mol. The molecule has 0 aromatic rings. The molecule has 0 bridgehead atoms. The number of hydrogen-bond donors (Lipinski definition) is 1. The second-order valence-electron chi connectivity index (χ2n) is 3.89. The molecule has 0 rings (SSSR count). The molecular formula is C10H18OSi. The Morgan fingerprint density at radius 2 is 2.08 bits per heavy atom. The summed E-state index contributed by atoms with van der Waals surface area (Å²) < 4.78 is 0. The zero-order valence-electron chi connectivity index (χ0n) is 8.22. The van der Waals surface area contributed by atoms with Gasteiger partial charge in [-0.25, -0.2) is 0 Å². The summed E-state index contributed by atoms with van der Waals surface area (Å²) >= 11 is 0. The van der Waals surface area contributed by atoms with E-state index in [2.05, 4.69) is 37.7 Å². The van der Waals surface area contributed by atoms with Gasteiger partial charge in [-0.3, -0.25) is 0 Å². The Kier molecular flexibility index (Phi) is 4.95. The minimum absolute atomic E-state index is 0.388. The van der Waals surface area contributed by atoms with Crippen molar-refractivity contribution in [3.05, 3.63) is 12.7 Å². The van der Waals surface area contributed by atoms with Crippen molar-refractivity contribution in [1.29, 1.82) is 0 Å². The second kappa shape index (κ2) is 5.18. The highest BCUT2D eigenvalue weighted by Gasteiger charge is 2.06. The molecule has 2 heteroatoms. The maximum absolute atomic E-state index is 9.11. The van der Waals surface area contributed by atoms with Crippen molar-refractivity contribution in [2.24, 2.45) is 0 Å². The third-order valence-corrected chi connectivity index (χ3v) is 2.23. The minimum Gasteiger partial charge on any atom is -0.389 e. The second-order valence-corrected chi connectivity index (χ2v) is 8.64. The van der Waals surface area contributed by atoms with Crippen LogP contribution in [0.2, 0.25) is 19.6 Å². The summed E-state index contributed by atoms with van der Waals surface area (Å²) in [5, 5.41) is 9.11. The van der Waals surface area contributed by atoms with Gasteiger partial charge in [-0.1, -0.05) is 25.7 Å². The average molecular weight is 182 g/mol. The summed E-state index contributed by atoms with van der Waals surface area (Å²) in [6, 6.07) is 0. The number of hydrogen-bond acceptors (Lipinski definition) is 1. The Balaban J connectivity index is 3.66. The van der Waals surface area contributed by atoms with Gasteiger partial charge in [0.15, 0.2) is 0 Å². The first-order chi connectivity index (χ1) is 5.45. The van der Waals surface area contributed by atoms with Crippen LogP contribution in [0, 0.1) is 11.5 Å². The molecular weight excluding hydrogens is 164 g/mol. The highest BCUT2D eigenvalue weighted by molar-refractivity contribution is 6.83. The van der Waals surface area contributed by atoms with Gasteiger partial charge in [0.25, 0.3) is 0 Å². The van der Waals surface area contributed by atoms with Crippen molar-refractivity contribution in [3.8, 4) is 11.5 Å². The molecule has 0 aliphatic carbocycles. The van der Waals surface area contributed by atoms with Gasteiger partial charge in [0.1, 0.15) is 8.07 Å². The van der Waals surface area contributed by atoms with Crippen LogP contribution in [0.1, 0.15) is 12.8 Å². The highest BCUT2D eigenvalue weighted by Crippen LogP contribution is 1.99. The van der Waals surface area contributed by atoms with Crippen LogP contribution < -0.4 is 0 Å². The Morgan fingerprint density at radius 1 is 1.50 bits per heavy atom. The number of rotatable bonds is 3. The third-order valence-electron chi connectivity index (χ3n) is 1.30. The molecule has 1 atom stereocenters. The highest BCUT2D eigenvalue weighted by atomic mass is 28.3. The SMILES string of the molecule is C=CC(O)CCC#C[Si](C)(C)C. The quantitative estimate of drug-likeness (QED) is 0.403. The van der Waals surface area contributed by atoms with Crippen LogP contribution in [0.25, 0.3) is 0 Å². The van der Waals surface area contributed by atoms with Crippen LogP contribution in [-0.4, -0.2) is 19.3 Å². The van der Waals surface area contributed by atoms with E-state index in [0.29, 0.717) is 6.42 Å². The van der Waals surface area contributed by atoms with E-state index in [1.165, 1.54) is 0 Å². The lowest BCUT2D eigenvalue weighted by molar-refractivity contribution is 0.215. The van der Waals surface area contributed by atoms with Gasteiger partial charge in [0, 0.05) is 6.42 Å². The molecule has 0 aliphatic rings. The van der Waals surface area contributed by atoms with Gasteiger partial charge in [-0.15, -0.1) is 18.0 Å².